The van der Waals surface area contributed by atoms with Crippen LogP contribution in [0.15, 0.2) is 53.4 Å². The lowest BCUT2D eigenvalue weighted by molar-refractivity contribution is 0.606. The van der Waals surface area contributed by atoms with Crippen molar-refractivity contribution in [2.24, 2.45) is 0 Å². The molecule has 0 spiro atoms. The molecule has 0 N–H and O–H groups in total. The molecule has 0 unspecified atom stereocenters. The van der Waals surface area contributed by atoms with Gasteiger partial charge in [0.25, 0.3) is 0 Å². The predicted octanol–water partition coefficient (Wildman–Crippen LogP) is 2.18. The second kappa shape index (κ2) is 5.19. The van der Waals surface area contributed by atoms with Crippen LogP contribution in [0.25, 0.3) is 10.9 Å². The molecule has 2 nitrogen and oxygen atoms in total. The third kappa shape index (κ3) is 2.72. The smallest absolute Gasteiger partial charge is 0.217 e. The normalized spacial score (nSPS) is 13.2. The van der Waals surface area contributed by atoms with E-state index in [1.807, 2.05) is 6.92 Å². The van der Waals surface area contributed by atoms with E-state index in [1.54, 1.807) is 48.5 Å². The van der Waals surface area contributed by atoms with Crippen LogP contribution in [0.2, 0.25) is 0 Å². The van der Waals surface area contributed by atoms with Gasteiger partial charge in [-0.05, 0) is 24.3 Å². The van der Waals surface area contributed by atoms with Crippen molar-refractivity contribution in [2.75, 3.05) is 0 Å². The fraction of sp³-hybridized carbons (Fsp3) is 0.0667. The Morgan fingerprint density at radius 1 is 1.05 bits per heavy atom. The molecule has 0 heterocycles. The molecular weight excluding hydrogens is 280 g/mol. The van der Waals surface area contributed by atoms with Gasteiger partial charge in [0, 0.05) is 5.22 Å². The zero-order chi connectivity index (χ0) is 14.0. The Morgan fingerprint density at radius 2 is 1.63 bits per heavy atom. The summed E-state index contributed by atoms with van der Waals surface area (Å²) in [7, 11) is -3.69. The van der Waals surface area contributed by atoms with Gasteiger partial charge in [0.1, 0.15) is 4.36 Å². The molecule has 2 aromatic rings. The standard InChI is InChI=1S/C15H13ClO2S/c1-11-7-9-13(10-8-11)19(17,18)15(16)14-6-4-3-5-12(14)2/h3-10H,2H2,1H3/b15-14-. The van der Waals surface area contributed by atoms with E-state index in [2.05, 4.69) is 6.58 Å². The molecule has 2 aromatic carbocycles. The lowest BCUT2D eigenvalue weighted by Crippen LogP contribution is -2.26. The number of aryl methyl sites for hydroxylation is 1. The Morgan fingerprint density at radius 3 is 2.21 bits per heavy atom. The molecule has 4 heteroatoms. The Balaban J connectivity index is 2.71. The molecule has 0 aliphatic heterocycles. The van der Waals surface area contributed by atoms with Crippen LogP contribution < -0.4 is 10.4 Å². The van der Waals surface area contributed by atoms with Crippen LogP contribution in [0.4, 0.5) is 0 Å². The first kappa shape index (κ1) is 13.8. The zero-order valence-corrected chi connectivity index (χ0v) is 12.0. The van der Waals surface area contributed by atoms with E-state index >= 15 is 0 Å². The van der Waals surface area contributed by atoms with Crippen LogP contribution in [0, 0.1) is 6.92 Å². The topological polar surface area (TPSA) is 34.1 Å². The number of hydrogen-bond acceptors (Lipinski definition) is 2. The molecule has 0 aromatic heterocycles. The summed E-state index contributed by atoms with van der Waals surface area (Å²) < 4.78 is 24.6. The monoisotopic (exact) mass is 292 g/mol. The van der Waals surface area contributed by atoms with E-state index in [4.69, 9.17) is 11.6 Å². The molecule has 0 atom stereocenters. The van der Waals surface area contributed by atoms with Crippen LogP contribution >= 0.6 is 11.6 Å². The van der Waals surface area contributed by atoms with Gasteiger partial charge in [-0.25, -0.2) is 8.42 Å². The average Bonchev–Trinajstić information content (AvgIpc) is 2.39. The van der Waals surface area contributed by atoms with Gasteiger partial charge in [-0.2, -0.15) is 0 Å². The molecule has 0 bridgehead atoms. The zero-order valence-electron chi connectivity index (χ0n) is 10.4. The summed E-state index contributed by atoms with van der Waals surface area (Å²) in [6, 6.07) is 13.5. The number of halogens is 1. The fourth-order valence-electron chi connectivity index (χ4n) is 1.68. The van der Waals surface area contributed by atoms with Gasteiger partial charge < -0.3 is 0 Å². The molecule has 0 amide bonds. The van der Waals surface area contributed by atoms with Crippen molar-refractivity contribution >= 4 is 32.4 Å². The minimum Gasteiger partial charge on any atom is -0.218 e. The Bertz CT molecular complexity index is 806. The van der Waals surface area contributed by atoms with Crippen molar-refractivity contribution in [1.29, 1.82) is 0 Å². The average molecular weight is 293 g/mol. The maximum absolute atomic E-state index is 12.4. The molecule has 98 valence electrons. The van der Waals surface area contributed by atoms with E-state index in [0.29, 0.717) is 10.4 Å². The molecular formula is C15H13ClO2S. The number of rotatable bonds is 2. The molecule has 0 saturated carbocycles. The third-order valence-electron chi connectivity index (χ3n) is 2.80. The summed E-state index contributed by atoms with van der Waals surface area (Å²) in [4.78, 5) is 0.186. The second-order valence-electron chi connectivity index (χ2n) is 4.25. The van der Waals surface area contributed by atoms with Crippen molar-refractivity contribution < 1.29 is 8.42 Å². The van der Waals surface area contributed by atoms with Crippen LogP contribution in [-0.4, -0.2) is 8.42 Å². The van der Waals surface area contributed by atoms with Gasteiger partial charge in [0.2, 0.25) is 9.84 Å². The molecule has 0 saturated heterocycles. The van der Waals surface area contributed by atoms with Crippen LogP contribution in [0.3, 0.4) is 0 Å². The van der Waals surface area contributed by atoms with E-state index in [1.165, 1.54) is 0 Å². The highest BCUT2D eigenvalue weighted by molar-refractivity contribution is 8.02. The predicted molar refractivity (Wildman–Crippen MR) is 78.8 cm³/mol. The van der Waals surface area contributed by atoms with E-state index in [0.717, 1.165) is 5.56 Å². The number of benzene rings is 2. The Labute approximate surface area is 117 Å². The van der Waals surface area contributed by atoms with Crippen LogP contribution in [0.1, 0.15) is 5.56 Å². The van der Waals surface area contributed by atoms with E-state index in [9.17, 15) is 8.42 Å². The molecule has 0 fully saturated rings. The maximum atomic E-state index is 12.4. The van der Waals surface area contributed by atoms with Gasteiger partial charge in [-0.1, -0.05) is 60.1 Å². The summed E-state index contributed by atoms with van der Waals surface area (Å²) in [6.45, 7) is 5.69. The first-order valence-electron chi connectivity index (χ1n) is 5.68. The highest BCUT2D eigenvalue weighted by Crippen LogP contribution is 2.22. The Kier molecular flexibility index (Phi) is 3.78. The van der Waals surface area contributed by atoms with Crippen molar-refractivity contribution in [1.82, 2.24) is 0 Å². The largest absolute Gasteiger partial charge is 0.218 e. The molecule has 0 aliphatic carbocycles. The summed E-state index contributed by atoms with van der Waals surface area (Å²) in [5.74, 6) is 0. The van der Waals surface area contributed by atoms with Crippen molar-refractivity contribution in [2.45, 2.75) is 11.8 Å². The van der Waals surface area contributed by atoms with Gasteiger partial charge in [0.05, 0.1) is 4.90 Å². The highest BCUT2D eigenvalue weighted by Gasteiger charge is 2.19. The summed E-state index contributed by atoms with van der Waals surface area (Å²) in [5, 5.41) is 1.02. The first-order chi connectivity index (χ1) is 8.93. The Hall–Kier alpha value is -1.58. The summed E-state index contributed by atoms with van der Waals surface area (Å²) >= 11 is 6.07. The SMILES string of the molecule is C=c1cccc/c1=C(\Cl)S(=O)(=O)c1ccc(C)cc1. The summed E-state index contributed by atoms with van der Waals surface area (Å²) in [6.07, 6.45) is 0. The lowest BCUT2D eigenvalue weighted by atomic mass is 10.2. The quantitative estimate of drug-likeness (QED) is 0.850. The van der Waals surface area contributed by atoms with Gasteiger partial charge >= 0.3 is 0 Å². The fourth-order valence-corrected chi connectivity index (χ4v) is 3.32. The first-order valence-corrected chi connectivity index (χ1v) is 7.54. The summed E-state index contributed by atoms with van der Waals surface area (Å²) in [5.41, 5.74) is 0.993. The van der Waals surface area contributed by atoms with Crippen molar-refractivity contribution in [3.63, 3.8) is 0 Å². The van der Waals surface area contributed by atoms with E-state index < -0.39 is 9.84 Å². The van der Waals surface area contributed by atoms with Crippen LogP contribution in [0.5, 0.6) is 0 Å². The molecule has 2 rings (SSSR count). The van der Waals surface area contributed by atoms with Crippen molar-refractivity contribution in [3.05, 3.63) is 64.5 Å². The van der Waals surface area contributed by atoms with Gasteiger partial charge in [-0.15, -0.1) is 0 Å². The van der Waals surface area contributed by atoms with E-state index in [-0.39, 0.29) is 9.26 Å². The van der Waals surface area contributed by atoms with Crippen LogP contribution in [-0.2, 0) is 9.84 Å². The maximum Gasteiger partial charge on any atom is 0.217 e. The highest BCUT2D eigenvalue weighted by atomic mass is 35.5. The third-order valence-corrected chi connectivity index (χ3v) is 5.19. The number of sulfone groups is 1. The second-order valence-corrected chi connectivity index (χ2v) is 6.74. The number of hydrogen-bond donors (Lipinski definition) is 0. The van der Waals surface area contributed by atoms with Gasteiger partial charge in [0.15, 0.2) is 0 Å². The minimum absolute atomic E-state index is 0.186. The van der Waals surface area contributed by atoms with Crippen molar-refractivity contribution in [3.8, 4) is 0 Å². The minimum atomic E-state index is -3.69. The lowest BCUT2D eigenvalue weighted by Gasteiger charge is -2.04. The van der Waals surface area contributed by atoms with Gasteiger partial charge in [-0.3, -0.25) is 0 Å². The molecule has 19 heavy (non-hydrogen) atoms. The molecule has 0 aliphatic rings. The molecule has 0 radical (unpaired) electrons.